The highest BCUT2D eigenvalue weighted by Crippen LogP contribution is 2.21. The van der Waals surface area contributed by atoms with Crippen molar-refractivity contribution in [3.8, 4) is 11.5 Å². The summed E-state index contributed by atoms with van der Waals surface area (Å²) >= 11 is 0. The molecule has 0 aliphatic carbocycles. The Bertz CT molecular complexity index is 619. The molecule has 8 heteroatoms. The maximum Gasteiger partial charge on any atom is 0.258 e. The van der Waals surface area contributed by atoms with Crippen LogP contribution in [0.25, 0.3) is 0 Å². The second-order valence-electron chi connectivity index (χ2n) is 5.81. The number of carbonyl (C=O) groups is 1. The van der Waals surface area contributed by atoms with Crippen molar-refractivity contribution in [1.82, 2.24) is 0 Å². The summed E-state index contributed by atoms with van der Waals surface area (Å²) in [7, 11) is -1.70. The number of primary amides is 1. The number of halogens is 1. The Morgan fingerprint density at radius 3 is 2.29 bits per heavy atom. The molecular formula is C16H26ClNO5S. The Hall–Kier alpha value is -1.47. The maximum atomic E-state index is 12.0. The lowest BCUT2D eigenvalue weighted by Crippen LogP contribution is -2.35. The van der Waals surface area contributed by atoms with Gasteiger partial charge >= 0.3 is 0 Å². The summed E-state index contributed by atoms with van der Waals surface area (Å²) in [5.41, 5.74) is 5.32. The van der Waals surface area contributed by atoms with Crippen molar-refractivity contribution >= 4 is 28.2 Å². The van der Waals surface area contributed by atoms with Crippen molar-refractivity contribution in [3.63, 3.8) is 0 Å². The third kappa shape index (κ3) is 8.40. The Balaban J connectivity index is 0.00000529. The van der Waals surface area contributed by atoms with E-state index in [2.05, 4.69) is 0 Å². The van der Waals surface area contributed by atoms with Crippen molar-refractivity contribution in [2.24, 2.45) is 11.7 Å². The van der Waals surface area contributed by atoms with Gasteiger partial charge in [-0.2, -0.15) is 0 Å². The van der Waals surface area contributed by atoms with Gasteiger partial charge in [-0.05, 0) is 24.5 Å². The molecule has 24 heavy (non-hydrogen) atoms. The molecule has 2 N–H and O–H groups in total. The molecule has 1 unspecified atom stereocenters. The Morgan fingerprint density at radius 1 is 1.17 bits per heavy atom. The molecule has 0 aromatic heterocycles. The van der Waals surface area contributed by atoms with Crippen LogP contribution in [0.4, 0.5) is 0 Å². The van der Waals surface area contributed by atoms with Gasteiger partial charge in [0, 0.05) is 12.5 Å². The lowest BCUT2D eigenvalue weighted by atomic mass is 10.2. The van der Waals surface area contributed by atoms with Crippen molar-refractivity contribution in [1.29, 1.82) is 0 Å². The normalized spacial score (nSPS) is 12.3. The molecule has 0 aliphatic rings. The number of sulfone groups is 1. The number of nitrogens with two attached hydrogens (primary N) is 1. The first-order valence-corrected chi connectivity index (χ1v) is 9.36. The van der Waals surface area contributed by atoms with E-state index >= 15 is 0 Å². The average Bonchev–Trinajstić information content (AvgIpc) is 2.49. The summed E-state index contributed by atoms with van der Waals surface area (Å²) in [5.74, 6) is 0.590. The van der Waals surface area contributed by atoms with E-state index in [0.29, 0.717) is 23.8 Å². The van der Waals surface area contributed by atoms with Crippen molar-refractivity contribution in [2.45, 2.75) is 32.8 Å². The molecule has 0 saturated carbocycles. The average molecular weight is 380 g/mol. The molecular weight excluding hydrogens is 354 g/mol. The summed E-state index contributed by atoms with van der Waals surface area (Å²) in [6, 6.07) is 6.73. The standard InChI is InChI=1S/C16H25NO5S.ClH/c1-12(2)7-9-23(19,20)10-8-15(16(17)18)22-14-6-4-5-13(11-14)21-3;/h4-6,11-12,15H,7-10H2,1-3H3,(H2,17,18);1H. The second kappa shape index (κ2) is 10.4. The summed E-state index contributed by atoms with van der Waals surface area (Å²) in [6.07, 6.45) is -0.358. The molecule has 0 bridgehead atoms. The van der Waals surface area contributed by atoms with E-state index in [1.54, 1.807) is 24.3 Å². The SMILES string of the molecule is COc1cccc(OC(CCS(=O)(=O)CCC(C)C)C(N)=O)c1.Cl. The second-order valence-corrected chi connectivity index (χ2v) is 8.11. The third-order valence-corrected chi connectivity index (χ3v) is 5.05. The highest BCUT2D eigenvalue weighted by atomic mass is 35.5. The molecule has 0 heterocycles. The van der Waals surface area contributed by atoms with Gasteiger partial charge in [0.25, 0.3) is 5.91 Å². The minimum absolute atomic E-state index is 0. The van der Waals surface area contributed by atoms with E-state index in [-0.39, 0.29) is 30.3 Å². The van der Waals surface area contributed by atoms with Gasteiger partial charge in [-0.1, -0.05) is 19.9 Å². The van der Waals surface area contributed by atoms with E-state index in [1.165, 1.54) is 7.11 Å². The van der Waals surface area contributed by atoms with Crippen LogP contribution in [0.2, 0.25) is 0 Å². The predicted octanol–water partition coefficient (Wildman–Crippen LogP) is 2.20. The zero-order valence-electron chi connectivity index (χ0n) is 14.2. The van der Waals surface area contributed by atoms with E-state index in [4.69, 9.17) is 15.2 Å². The first-order valence-electron chi connectivity index (χ1n) is 7.54. The van der Waals surface area contributed by atoms with Gasteiger partial charge in [0.15, 0.2) is 6.10 Å². The van der Waals surface area contributed by atoms with Crippen molar-refractivity contribution in [3.05, 3.63) is 24.3 Å². The van der Waals surface area contributed by atoms with Crippen molar-refractivity contribution < 1.29 is 22.7 Å². The van der Waals surface area contributed by atoms with Crippen LogP contribution in [0.1, 0.15) is 26.7 Å². The molecule has 0 radical (unpaired) electrons. The van der Waals surface area contributed by atoms with Crippen molar-refractivity contribution in [2.75, 3.05) is 18.6 Å². The Labute approximate surface area is 150 Å². The molecule has 1 aromatic rings. The molecule has 0 fully saturated rings. The van der Waals surface area contributed by atoms with Gasteiger partial charge in [0.1, 0.15) is 21.3 Å². The van der Waals surface area contributed by atoms with Gasteiger partial charge in [0.05, 0.1) is 18.6 Å². The molecule has 0 saturated heterocycles. The van der Waals surface area contributed by atoms with Crippen LogP contribution in [-0.2, 0) is 14.6 Å². The number of methoxy groups -OCH3 is 1. The van der Waals surface area contributed by atoms with E-state index in [9.17, 15) is 13.2 Å². The van der Waals surface area contributed by atoms with Crippen LogP contribution in [0, 0.1) is 5.92 Å². The molecule has 0 spiro atoms. The van der Waals surface area contributed by atoms with Crippen LogP contribution in [0.5, 0.6) is 11.5 Å². The van der Waals surface area contributed by atoms with Gasteiger partial charge in [0.2, 0.25) is 0 Å². The molecule has 1 atom stereocenters. The number of hydrogen-bond acceptors (Lipinski definition) is 5. The molecule has 1 rings (SSSR count). The van der Waals surface area contributed by atoms with Crippen LogP contribution in [-0.4, -0.2) is 39.0 Å². The number of carbonyl (C=O) groups excluding carboxylic acids is 1. The van der Waals surface area contributed by atoms with E-state index in [0.717, 1.165) is 0 Å². The first-order chi connectivity index (χ1) is 10.7. The fourth-order valence-electron chi connectivity index (χ4n) is 1.90. The third-order valence-electron chi connectivity index (χ3n) is 3.33. The zero-order chi connectivity index (χ0) is 17.5. The molecule has 1 aromatic carbocycles. The van der Waals surface area contributed by atoms with Gasteiger partial charge in [-0.15, -0.1) is 12.4 Å². The quantitative estimate of drug-likeness (QED) is 0.672. The molecule has 138 valence electrons. The fourth-order valence-corrected chi connectivity index (χ4v) is 3.51. The monoisotopic (exact) mass is 379 g/mol. The summed E-state index contributed by atoms with van der Waals surface area (Å²) < 4.78 is 34.6. The van der Waals surface area contributed by atoms with E-state index in [1.807, 2.05) is 13.8 Å². The maximum absolute atomic E-state index is 12.0. The molecule has 6 nitrogen and oxygen atoms in total. The minimum atomic E-state index is -3.22. The minimum Gasteiger partial charge on any atom is -0.497 e. The highest BCUT2D eigenvalue weighted by molar-refractivity contribution is 7.91. The Kier molecular flexibility index (Phi) is 9.77. The smallest absolute Gasteiger partial charge is 0.258 e. The van der Waals surface area contributed by atoms with Gasteiger partial charge < -0.3 is 15.2 Å². The number of hydrogen-bond donors (Lipinski definition) is 1. The first kappa shape index (κ1) is 22.5. The summed E-state index contributed by atoms with van der Waals surface area (Å²) in [4.78, 5) is 11.5. The Morgan fingerprint density at radius 2 is 1.75 bits per heavy atom. The topological polar surface area (TPSA) is 95.7 Å². The highest BCUT2D eigenvalue weighted by Gasteiger charge is 2.22. The largest absolute Gasteiger partial charge is 0.497 e. The number of benzene rings is 1. The lowest BCUT2D eigenvalue weighted by molar-refractivity contribution is -0.124. The van der Waals surface area contributed by atoms with E-state index < -0.39 is 21.8 Å². The van der Waals surface area contributed by atoms with Crippen LogP contribution in [0.3, 0.4) is 0 Å². The summed E-state index contributed by atoms with van der Waals surface area (Å²) in [6.45, 7) is 3.93. The molecule has 1 amide bonds. The molecule has 0 aliphatic heterocycles. The summed E-state index contributed by atoms with van der Waals surface area (Å²) in [5, 5.41) is 0. The number of rotatable bonds is 10. The van der Waals surface area contributed by atoms with Crippen LogP contribution in [0.15, 0.2) is 24.3 Å². The number of ether oxygens (including phenoxy) is 2. The predicted molar refractivity (Wildman–Crippen MR) is 96.6 cm³/mol. The lowest BCUT2D eigenvalue weighted by Gasteiger charge is -2.16. The fraction of sp³-hybridized carbons (Fsp3) is 0.562. The van der Waals surface area contributed by atoms with Crippen LogP contribution < -0.4 is 15.2 Å². The van der Waals surface area contributed by atoms with Gasteiger partial charge in [-0.3, -0.25) is 4.79 Å². The zero-order valence-corrected chi connectivity index (χ0v) is 15.9. The van der Waals surface area contributed by atoms with Crippen LogP contribution >= 0.6 is 12.4 Å². The number of amides is 1. The van der Waals surface area contributed by atoms with Gasteiger partial charge in [-0.25, -0.2) is 8.42 Å².